The average molecular weight is 241 g/mol. The molecule has 0 aliphatic carbocycles. The predicted molar refractivity (Wildman–Crippen MR) is 65.4 cm³/mol. The summed E-state index contributed by atoms with van der Waals surface area (Å²) >= 11 is 0. The molecule has 1 unspecified atom stereocenters. The van der Waals surface area contributed by atoms with Gasteiger partial charge in [-0.2, -0.15) is 0 Å². The maximum absolute atomic E-state index is 11.5. The lowest BCUT2D eigenvalue weighted by molar-refractivity contribution is -0.155. The topological polar surface area (TPSA) is 55.4 Å². The first-order valence-corrected chi connectivity index (χ1v) is 6.35. The molecule has 1 aliphatic heterocycles. The Morgan fingerprint density at radius 2 is 2.12 bits per heavy atom. The Kier molecular flexibility index (Phi) is 4.97. The second-order valence-corrected chi connectivity index (χ2v) is 5.67. The number of ether oxygens (including phenoxy) is 1. The summed E-state index contributed by atoms with van der Waals surface area (Å²) in [4.78, 5) is 22.7. The Morgan fingerprint density at radius 3 is 2.76 bits per heavy atom. The first-order chi connectivity index (χ1) is 7.87. The zero-order valence-electron chi connectivity index (χ0n) is 11.0. The molecule has 4 heteroatoms. The molecule has 0 aromatic heterocycles. The van der Waals surface area contributed by atoms with E-state index in [1.807, 2.05) is 20.8 Å². The summed E-state index contributed by atoms with van der Waals surface area (Å²) in [5.41, 5.74) is -0.405. The highest BCUT2D eigenvalue weighted by atomic mass is 16.6. The van der Waals surface area contributed by atoms with E-state index in [1.165, 1.54) is 0 Å². The molecular formula is C13H23NO3. The van der Waals surface area contributed by atoms with Crippen LogP contribution >= 0.6 is 0 Å². The molecule has 1 aliphatic rings. The van der Waals surface area contributed by atoms with E-state index in [0.29, 0.717) is 18.8 Å². The van der Waals surface area contributed by atoms with Gasteiger partial charge in [0.1, 0.15) is 5.60 Å². The van der Waals surface area contributed by atoms with Gasteiger partial charge in [0.15, 0.2) is 0 Å². The van der Waals surface area contributed by atoms with Crippen LogP contribution in [0, 0.1) is 5.92 Å². The number of rotatable bonds is 3. The summed E-state index contributed by atoms with van der Waals surface area (Å²) in [6.07, 6.45) is 3.71. The number of hydrogen-bond donors (Lipinski definition) is 1. The van der Waals surface area contributed by atoms with E-state index < -0.39 is 5.60 Å². The highest BCUT2D eigenvalue weighted by molar-refractivity contribution is 5.76. The van der Waals surface area contributed by atoms with Gasteiger partial charge in [-0.15, -0.1) is 0 Å². The minimum atomic E-state index is -0.405. The summed E-state index contributed by atoms with van der Waals surface area (Å²) in [6.45, 7) is 6.36. The molecule has 0 bridgehead atoms. The molecule has 98 valence electrons. The van der Waals surface area contributed by atoms with Crippen molar-refractivity contribution in [2.75, 3.05) is 6.54 Å². The lowest BCUT2D eigenvalue weighted by Crippen LogP contribution is -2.24. The first kappa shape index (κ1) is 14.0. The smallest absolute Gasteiger partial charge is 0.306 e. The molecule has 1 N–H and O–H groups in total. The summed E-state index contributed by atoms with van der Waals surface area (Å²) in [5.74, 6) is 0.451. The van der Waals surface area contributed by atoms with E-state index in [9.17, 15) is 9.59 Å². The van der Waals surface area contributed by atoms with Crippen LogP contribution in [-0.2, 0) is 14.3 Å². The number of amides is 1. The molecule has 0 aromatic carbocycles. The highest BCUT2D eigenvalue weighted by Gasteiger charge is 2.20. The van der Waals surface area contributed by atoms with E-state index in [-0.39, 0.29) is 11.9 Å². The van der Waals surface area contributed by atoms with Crippen molar-refractivity contribution < 1.29 is 14.3 Å². The summed E-state index contributed by atoms with van der Waals surface area (Å²) in [7, 11) is 0. The van der Waals surface area contributed by atoms with Crippen molar-refractivity contribution in [2.24, 2.45) is 5.92 Å². The summed E-state index contributed by atoms with van der Waals surface area (Å²) < 4.78 is 5.26. The van der Waals surface area contributed by atoms with Crippen molar-refractivity contribution in [1.82, 2.24) is 5.32 Å². The SMILES string of the molecule is CC(C)(C)OC(=O)CCC1CCNC(=O)CC1. The maximum atomic E-state index is 11.5. The fourth-order valence-electron chi connectivity index (χ4n) is 1.99. The quantitative estimate of drug-likeness (QED) is 0.769. The van der Waals surface area contributed by atoms with Crippen LogP contribution in [-0.4, -0.2) is 24.0 Å². The molecule has 1 heterocycles. The number of esters is 1. The molecule has 0 radical (unpaired) electrons. The molecule has 0 saturated carbocycles. The maximum Gasteiger partial charge on any atom is 0.306 e. The van der Waals surface area contributed by atoms with Gasteiger partial charge in [-0.25, -0.2) is 0 Å². The molecule has 1 saturated heterocycles. The molecule has 17 heavy (non-hydrogen) atoms. The van der Waals surface area contributed by atoms with Gasteiger partial charge in [-0.3, -0.25) is 9.59 Å². The number of carbonyl (C=O) groups excluding carboxylic acids is 2. The van der Waals surface area contributed by atoms with Gasteiger partial charge in [-0.1, -0.05) is 0 Å². The Balaban J connectivity index is 2.25. The molecular weight excluding hydrogens is 218 g/mol. The number of nitrogens with one attached hydrogen (secondary N) is 1. The van der Waals surface area contributed by atoms with Gasteiger partial charge < -0.3 is 10.1 Å². The van der Waals surface area contributed by atoms with Crippen LogP contribution in [0.4, 0.5) is 0 Å². The Labute approximate surface area is 103 Å². The van der Waals surface area contributed by atoms with Crippen LogP contribution in [0.3, 0.4) is 0 Å². The lowest BCUT2D eigenvalue weighted by atomic mass is 9.95. The van der Waals surface area contributed by atoms with Crippen molar-refractivity contribution in [3.8, 4) is 0 Å². The van der Waals surface area contributed by atoms with E-state index in [0.717, 1.165) is 25.8 Å². The standard InChI is InChI=1S/C13H23NO3/c1-13(2,3)17-12(16)7-5-10-4-6-11(15)14-9-8-10/h10H,4-9H2,1-3H3,(H,14,15). The van der Waals surface area contributed by atoms with Crippen LogP contribution in [0.25, 0.3) is 0 Å². The minimum Gasteiger partial charge on any atom is -0.460 e. The Bertz CT molecular complexity index is 281. The summed E-state index contributed by atoms with van der Waals surface area (Å²) in [6, 6.07) is 0. The number of carbonyl (C=O) groups is 2. The van der Waals surface area contributed by atoms with Gasteiger partial charge in [0.25, 0.3) is 0 Å². The minimum absolute atomic E-state index is 0.129. The lowest BCUT2D eigenvalue weighted by Gasteiger charge is -2.20. The van der Waals surface area contributed by atoms with E-state index >= 15 is 0 Å². The summed E-state index contributed by atoms with van der Waals surface area (Å²) in [5, 5.41) is 2.85. The normalized spacial score (nSPS) is 21.6. The van der Waals surface area contributed by atoms with E-state index in [2.05, 4.69) is 5.32 Å². The zero-order chi connectivity index (χ0) is 12.9. The Hall–Kier alpha value is -1.06. The molecule has 0 spiro atoms. The van der Waals surface area contributed by atoms with Crippen LogP contribution in [0.5, 0.6) is 0 Å². The monoisotopic (exact) mass is 241 g/mol. The third kappa shape index (κ3) is 6.29. The molecule has 4 nitrogen and oxygen atoms in total. The third-order valence-corrected chi connectivity index (χ3v) is 2.83. The van der Waals surface area contributed by atoms with Gasteiger partial charge in [-0.05, 0) is 46.0 Å². The van der Waals surface area contributed by atoms with Crippen LogP contribution in [0.1, 0.15) is 52.9 Å². The fraction of sp³-hybridized carbons (Fsp3) is 0.846. The van der Waals surface area contributed by atoms with E-state index in [4.69, 9.17) is 4.74 Å². The van der Waals surface area contributed by atoms with Crippen molar-refractivity contribution in [3.63, 3.8) is 0 Å². The van der Waals surface area contributed by atoms with Gasteiger partial charge in [0.05, 0.1) is 0 Å². The fourth-order valence-corrected chi connectivity index (χ4v) is 1.99. The van der Waals surface area contributed by atoms with Gasteiger partial charge >= 0.3 is 5.97 Å². The van der Waals surface area contributed by atoms with Gasteiger partial charge in [0.2, 0.25) is 5.91 Å². The second kappa shape index (κ2) is 6.03. The largest absolute Gasteiger partial charge is 0.460 e. The first-order valence-electron chi connectivity index (χ1n) is 6.35. The van der Waals surface area contributed by atoms with Crippen molar-refractivity contribution in [2.45, 2.75) is 58.5 Å². The molecule has 1 amide bonds. The molecule has 1 fully saturated rings. The third-order valence-electron chi connectivity index (χ3n) is 2.83. The number of hydrogen-bond acceptors (Lipinski definition) is 3. The molecule has 0 aromatic rings. The van der Waals surface area contributed by atoms with Gasteiger partial charge in [0, 0.05) is 19.4 Å². The highest BCUT2D eigenvalue weighted by Crippen LogP contribution is 2.20. The van der Waals surface area contributed by atoms with Crippen LogP contribution in [0.15, 0.2) is 0 Å². The zero-order valence-corrected chi connectivity index (χ0v) is 11.0. The van der Waals surface area contributed by atoms with Crippen molar-refractivity contribution in [1.29, 1.82) is 0 Å². The second-order valence-electron chi connectivity index (χ2n) is 5.67. The molecule has 1 atom stereocenters. The average Bonchev–Trinajstić information content (AvgIpc) is 2.37. The van der Waals surface area contributed by atoms with Crippen LogP contribution < -0.4 is 5.32 Å². The van der Waals surface area contributed by atoms with Crippen molar-refractivity contribution >= 4 is 11.9 Å². The molecule has 1 rings (SSSR count). The predicted octanol–water partition coefficient (Wildman–Crippen LogP) is 2.02. The van der Waals surface area contributed by atoms with Crippen molar-refractivity contribution in [3.05, 3.63) is 0 Å². The van der Waals surface area contributed by atoms with Crippen LogP contribution in [0.2, 0.25) is 0 Å². The van der Waals surface area contributed by atoms with E-state index in [1.54, 1.807) is 0 Å². The Morgan fingerprint density at radius 1 is 1.41 bits per heavy atom.